The summed E-state index contributed by atoms with van der Waals surface area (Å²) in [6, 6.07) is 7.23. The van der Waals surface area contributed by atoms with Gasteiger partial charge in [0.2, 0.25) is 0 Å². The number of rotatable bonds is 3. The number of carboxylic acids is 1. The van der Waals surface area contributed by atoms with E-state index in [1.54, 1.807) is 12.1 Å². The average Bonchev–Trinajstić information content (AvgIpc) is 2.98. The summed E-state index contributed by atoms with van der Waals surface area (Å²) in [7, 11) is 0. The van der Waals surface area contributed by atoms with Crippen molar-refractivity contribution in [1.82, 2.24) is 10.2 Å². The molecule has 0 radical (unpaired) electrons. The van der Waals surface area contributed by atoms with Crippen LogP contribution in [0.15, 0.2) is 24.3 Å². The van der Waals surface area contributed by atoms with Crippen LogP contribution in [0.1, 0.15) is 9.67 Å². The minimum atomic E-state index is -0.906. The van der Waals surface area contributed by atoms with Gasteiger partial charge in [-0.2, -0.15) is 11.8 Å². The number of aromatic nitrogens is 2. The molecule has 1 saturated heterocycles. The fourth-order valence-electron chi connectivity index (χ4n) is 2.01. The fraction of sp³-hybridized carbons (Fsp3) is 0.308. The Labute approximate surface area is 124 Å². The van der Waals surface area contributed by atoms with Crippen molar-refractivity contribution in [2.24, 2.45) is 0 Å². The molecule has 20 heavy (non-hydrogen) atoms. The molecule has 7 heteroatoms. The second-order valence-electron chi connectivity index (χ2n) is 4.35. The van der Waals surface area contributed by atoms with Crippen LogP contribution in [0.2, 0.25) is 0 Å². The van der Waals surface area contributed by atoms with Crippen LogP contribution >= 0.6 is 23.1 Å². The summed E-state index contributed by atoms with van der Waals surface area (Å²) in [6.45, 7) is 2.00. The molecule has 2 aromatic rings. The van der Waals surface area contributed by atoms with E-state index in [0.29, 0.717) is 4.88 Å². The average molecular weight is 307 g/mol. The lowest BCUT2D eigenvalue weighted by molar-refractivity contribution is 0.0702. The van der Waals surface area contributed by atoms with Crippen molar-refractivity contribution in [1.29, 1.82) is 0 Å². The van der Waals surface area contributed by atoms with E-state index in [1.807, 2.05) is 23.9 Å². The smallest absolute Gasteiger partial charge is 0.345 e. The minimum absolute atomic E-state index is 0.318. The lowest BCUT2D eigenvalue weighted by atomic mass is 10.3. The molecule has 3 heterocycles. The molecule has 1 fully saturated rings. The van der Waals surface area contributed by atoms with E-state index in [0.717, 1.165) is 41.0 Å². The van der Waals surface area contributed by atoms with Crippen LogP contribution < -0.4 is 4.90 Å². The highest BCUT2D eigenvalue weighted by molar-refractivity contribution is 7.99. The molecule has 0 amide bonds. The number of thioether (sulfide) groups is 1. The summed E-state index contributed by atoms with van der Waals surface area (Å²) in [5, 5.41) is 17.4. The maximum atomic E-state index is 10.9. The van der Waals surface area contributed by atoms with E-state index in [-0.39, 0.29) is 0 Å². The highest BCUT2D eigenvalue weighted by Crippen LogP contribution is 2.27. The lowest BCUT2D eigenvalue weighted by Crippen LogP contribution is -2.33. The number of anilines is 1. The normalized spacial score (nSPS) is 15.3. The first-order chi connectivity index (χ1) is 9.74. The lowest BCUT2D eigenvalue weighted by Gasteiger charge is -2.26. The predicted octanol–water partition coefficient (Wildman–Crippen LogP) is 2.46. The van der Waals surface area contributed by atoms with Crippen molar-refractivity contribution in [3.05, 3.63) is 29.1 Å². The van der Waals surface area contributed by atoms with Crippen LogP contribution in [0.5, 0.6) is 0 Å². The minimum Gasteiger partial charge on any atom is -0.477 e. The van der Waals surface area contributed by atoms with Crippen molar-refractivity contribution in [3.8, 4) is 10.6 Å². The molecule has 104 valence electrons. The number of carboxylic acid groups (broad SMARTS) is 1. The third kappa shape index (κ3) is 2.78. The van der Waals surface area contributed by atoms with Gasteiger partial charge in [-0.3, -0.25) is 0 Å². The first-order valence-corrected chi connectivity index (χ1v) is 8.21. The Kier molecular flexibility index (Phi) is 3.88. The van der Waals surface area contributed by atoms with Gasteiger partial charge >= 0.3 is 5.97 Å². The van der Waals surface area contributed by atoms with Crippen LogP contribution in [0.25, 0.3) is 10.6 Å². The summed E-state index contributed by atoms with van der Waals surface area (Å²) in [5.74, 6) is 2.23. The van der Waals surface area contributed by atoms with Gasteiger partial charge in [0.05, 0.1) is 4.88 Å². The van der Waals surface area contributed by atoms with Gasteiger partial charge in [0.25, 0.3) is 0 Å². The number of aromatic carboxylic acids is 1. The van der Waals surface area contributed by atoms with E-state index >= 15 is 0 Å². The third-order valence-corrected chi connectivity index (χ3v) is 5.09. The van der Waals surface area contributed by atoms with Gasteiger partial charge in [0.1, 0.15) is 10.6 Å². The number of hydrogen-bond donors (Lipinski definition) is 1. The topological polar surface area (TPSA) is 66.3 Å². The predicted molar refractivity (Wildman–Crippen MR) is 81.8 cm³/mol. The molecule has 1 N–H and O–H groups in total. The van der Waals surface area contributed by atoms with Gasteiger partial charge in [-0.05, 0) is 24.3 Å². The van der Waals surface area contributed by atoms with Crippen LogP contribution in [0, 0.1) is 0 Å². The van der Waals surface area contributed by atoms with Gasteiger partial charge < -0.3 is 10.0 Å². The molecule has 1 aliphatic heterocycles. The highest BCUT2D eigenvalue weighted by atomic mass is 32.2. The fourth-order valence-corrected chi connectivity index (χ4v) is 3.72. The Bertz CT molecular complexity index is 606. The molecule has 3 rings (SSSR count). The molecule has 2 aromatic heterocycles. The van der Waals surface area contributed by atoms with E-state index in [1.165, 1.54) is 11.3 Å². The van der Waals surface area contributed by atoms with Crippen LogP contribution in [0.4, 0.5) is 5.82 Å². The third-order valence-electron chi connectivity index (χ3n) is 3.05. The molecule has 0 spiro atoms. The molecule has 1 aliphatic rings. The van der Waals surface area contributed by atoms with Gasteiger partial charge in [-0.25, -0.2) is 4.79 Å². The maximum absolute atomic E-state index is 10.9. The van der Waals surface area contributed by atoms with E-state index in [9.17, 15) is 4.79 Å². The SMILES string of the molecule is O=C(O)c1ccc(-c2ccc(N3CCSCC3)nn2)s1. The standard InChI is InChI=1S/C13H13N3O2S2/c17-13(18)11-3-2-10(20-11)9-1-4-12(15-14-9)16-5-7-19-8-6-16/h1-4H,5-8H2,(H,17,18). The molecule has 0 saturated carbocycles. The summed E-state index contributed by atoms with van der Waals surface area (Å²) in [4.78, 5) is 14.2. The van der Waals surface area contributed by atoms with Crippen LogP contribution in [-0.2, 0) is 0 Å². The molecule has 0 bridgehead atoms. The molecule has 0 aromatic carbocycles. The zero-order valence-corrected chi connectivity index (χ0v) is 12.3. The Morgan fingerprint density at radius 3 is 2.55 bits per heavy atom. The molecule has 0 unspecified atom stereocenters. The maximum Gasteiger partial charge on any atom is 0.345 e. The van der Waals surface area contributed by atoms with E-state index in [2.05, 4.69) is 15.1 Å². The van der Waals surface area contributed by atoms with Gasteiger partial charge in [0, 0.05) is 24.6 Å². The van der Waals surface area contributed by atoms with E-state index in [4.69, 9.17) is 5.11 Å². The van der Waals surface area contributed by atoms with Crippen LogP contribution in [-0.4, -0.2) is 45.9 Å². The number of carbonyl (C=O) groups is 1. The summed E-state index contributed by atoms with van der Waals surface area (Å²) < 4.78 is 0. The molecular formula is C13H13N3O2S2. The van der Waals surface area contributed by atoms with Crippen molar-refractivity contribution in [2.45, 2.75) is 0 Å². The molecule has 5 nitrogen and oxygen atoms in total. The summed E-state index contributed by atoms with van der Waals surface area (Å²) >= 11 is 3.17. The monoisotopic (exact) mass is 307 g/mol. The molecule has 0 aliphatic carbocycles. The first-order valence-electron chi connectivity index (χ1n) is 6.24. The van der Waals surface area contributed by atoms with Gasteiger partial charge in [0.15, 0.2) is 5.82 Å². The Balaban J connectivity index is 1.79. The second-order valence-corrected chi connectivity index (χ2v) is 6.65. The molecule has 0 atom stereocenters. The Hall–Kier alpha value is -1.60. The Morgan fingerprint density at radius 2 is 1.95 bits per heavy atom. The highest BCUT2D eigenvalue weighted by Gasteiger charge is 2.14. The van der Waals surface area contributed by atoms with Crippen LogP contribution in [0.3, 0.4) is 0 Å². The van der Waals surface area contributed by atoms with Crippen molar-refractivity contribution < 1.29 is 9.90 Å². The number of hydrogen-bond acceptors (Lipinski definition) is 6. The van der Waals surface area contributed by atoms with Crippen molar-refractivity contribution >= 4 is 34.9 Å². The zero-order chi connectivity index (χ0) is 13.9. The van der Waals surface area contributed by atoms with Crippen molar-refractivity contribution in [2.75, 3.05) is 29.5 Å². The first kappa shape index (κ1) is 13.4. The number of thiophene rings is 1. The summed E-state index contributed by atoms with van der Waals surface area (Å²) in [6.07, 6.45) is 0. The summed E-state index contributed by atoms with van der Waals surface area (Å²) in [5.41, 5.74) is 0.720. The Morgan fingerprint density at radius 1 is 1.15 bits per heavy atom. The quantitative estimate of drug-likeness (QED) is 0.939. The molecular weight excluding hydrogens is 294 g/mol. The van der Waals surface area contributed by atoms with E-state index < -0.39 is 5.97 Å². The second kappa shape index (κ2) is 5.80. The largest absolute Gasteiger partial charge is 0.477 e. The zero-order valence-electron chi connectivity index (χ0n) is 10.7. The number of nitrogens with zero attached hydrogens (tertiary/aromatic N) is 3. The van der Waals surface area contributed by atoms with Gasteiger partial charge in [-0.1, -0.05) is 0 Å². The van der Waals surface area contributed by atoms with Crippen molar-refractivity contribution in [3.63, 3.8) is 0 Å². The van der Waals surface area contributed by atoms with Gasteiger partial charge in [-0.15, -0.1) is 21.5 Å².